The van der Waals surface area contributed by atoms with Crippen molar-refractivity contribution in [2.75, 3.05) is 54.5 Å². The van der Waals surface area contributed by atoms with E-state index in [0.717, 1.165) is 54.4 Å². The number of urea groups is 1. The van der Waals surface area contributed by atoms with Gasteiger partial charge in [-0.3, -0.25) is 14.9 Å². The zero-order valence-corrected chi connectivity index (χ0v) is 29.6. The normalized spacial score (nSPS) is 18.1. The molecule has 3 amide bonds. The van der Waals surface area contributed by atoms with Crippen LogP contribution in [0, 0.1) is 17.6 Å². The number of piperazine rings is 1. The number of rotatable bonds is 12. The molecule has 1 aromatic heterocycles. The summed E-state index contributed by atoms with van der Waals surface area (Å²) in [7, 11) is 1.83. The number of carbonyl (C=O) groups excluding carboxylic acids is 2. The minimum Gasteiger partial charge on any atom is -0.493 e. The topological polar surface area (TPSA) is 137 Å². The van der Waals surface area contributed by atoms with Crippen LogP contribution in [0.4, 0.5) is 30.6 Å². The van der Waals surface area contributed by atoms with Crippen LogP contribution in [0.15, 0.2) is 79.4 Å². The van der Waals surface area contributed by atoms with Crippen LogP contribution in [-0.4, -0.2) is 88.9 Å². The Hall–Kier alpha value is -5.28. The van der Waals surface area contributed by atoms with Crippen LogP contribution in [-0.2, 0) is 16.6 Å². The Labute approximate surface area is 302 Å². The molecule has 52 heavy (non-hydrogen) atoms. The van der Waals surface area contributed by atoms with Gasteiger partial charge in [-0.15, -0.1) is 0 Å². The van der Waals surface area contributed by atoms with Gasteiger partial charge in [-0.1, -0.05) is 13.0 Å². The first-order chi connectivity index (χ1) is 25.1. The summed E-state index contributed by atoms with van der Waals surface area (Å²) in [6, 6.07) is 18.0. The summed E-state index contributed by atoms with van der Waals surface area (Å²) in [6.07, 6.45) is 3.43. The lowest BCUT2D eigenvalue weighted by atomic mass is 10.0. The van der Waals surface area contributed by atoms with E-state index in [4.69, 9.17) is 9.47 Å². The molecule has 2 aliphatic rings. The molecule has 0 spiro atoms. The van der Waals surface area contributed by atoms with Crippen molar-refractivity contribution in [2.24, 2.45) is 13.0 Å². The molecule has 3 N–H and O–H groups in total. The molecule has 0 aliphatic carbocycles. The number of aromatic nitrogens is 3. The molecule has 2 fully saturated rings. The van der Waals surface area contributed by atoms with Crippen LogP contribution < -0.4 is 25.3 Å². The summed E-state index contributed by atoms with van der Waals surface area (Å²) >= 11 is 0. The second-order valence-electron chi connectivity index (χ2n) is 12.7. The van der Waals surface area contributed by atoms with Crippen molar-refractivity contribution in [3.05, 3.63) is 96.6 Å². The van der Waals surface area contributed by atoms with Crippen LogP contribution in [0.2, 0.25) is 0 Å². The zero-order valence-electron chi connectivity index (χ0n) is 29.6. The Bertz CT molecular complexity index is 1700. The predicted octanol–water partition coefficient (Wildman–Crippen LogP) is 4.92. The highest BCUT2D eigenvalue weighted by molar-refractivity contribution is 5.90. The molecule has 278 valence electrons. The molecule has 3 heterocycles. The fraction of sp³-hybridized carbons (Fsp3) is 0.405. The van der Waals surface area contributed by atoms with E-state index >= 15 is 0 Å². The number of benzene rings is 3. The molecule has 4 atom stereocenters. The summed E-state index contributed by atoms with van der Waals surface area (Å²) in [5.74, 6) is -0.310. The highest BCUT2D eigenvalue weighted by atomic mass is 19.1. The standard InChI is InChI=1S/C34H41F2N5O5.C3H5N3/c1-3-32(23(2)43)41(37-22-42)34(44)38-26-5-7-27(8-6-26)39-14-16-40(17-15-39)28-9-11-29(12-10-28)45-20-24-18-33(46-21-24)30-13-4-25(35)19-31(30)36;1-6-3-4-2-5-6/h4-13,19,22-24,32-33,43H,3,14-18,20-21H2,1-2H3,(H,37,42)(H,38,44);2-3H,1H3/t23?,24-,32?,33?;/m1./s1. The molecule has 0 saturated carbocycles. The molecular formula is C37H46F2N8O5. The van der Waals surface area contributed by atoms with Crippen LogP contribution in [0.3, 0.4) is 0 Å². The average molecular weight is 721 g/mol. The molecule has 15 heteroatoms. The van der Waals surface area contributed by atoms with Gasteiger partial charge in [-0.25, -0.2) is 23.6 Å². The number of amides is 3. The number of carbonyl (C=O) groups is 2. The maximum Gasteiger partial charge on any atom is 0.340 e. The number of nitrogens with zero attached hydrogens (tertiary/aromatic N) is 6. The summed E-state index contributed by atoms with van der Waals surface area (Å²) in [5.41, 5.74) is 5.49. The van der Waals surface area contributed by atoms with E-state index in [1.807, 2.05) is 62.5 Å². The summed E-state index contributed by atoms with van der Waals surface area (Å²) in [4.78, 5) is 32.1. The van der Waals surface area contributed by atoms with Gasteiger partial charge in [0.2, 0.25) is 6.41 Å². The third kappa shape index (κ3) is 10.2. The van der Waals surface area contributed by atoms with Gasteiger partial charge in [-0.2, -0.15) is 5.10 Å². The summed E-state index contributed by atoms with van der Waals surface area (Å²) in [6.45, 7) is 7.64. The van der Waals surface area contributed by atoms with E-state index in [0.29, 0.717) is 43.7 Å². The van der Waals surface area contributed by atoms with Crippen molar-refractivity contribution in [2.45, 2.75) is 44.9 Å². The lowest BCUT2D eigenvalue weighted by molar-refractivity contribution is -0.114. The maximum absolute atomic E-state index is 14.1. The molecule has 2 saturated heterocycles. The zero-order chi connectivity index (χ0) is 37.0. The number of halogens is 2. The number of hydrazine groups is 1. The van der Waals surface area contributed by atoms with Gasteiger partial charge in [0, 0.05) is 67.8 Å². The molecule has 0 radical (unpaired) electrons. The van der Waals surface area contributed by atoms with E-state index in [9.17, 15) is 23.5 Å². The first-order valence-electron chi connectivity index (χ1n) is 17.3. The summed E-state index contributed by atoms with van der Waals surface area (Å²) < 4.78 is 40.8. The quantitative estimate of drug-likeness (QED) is 0.138. The van der Waals surface area contributed by atoms with E-state index in [1.165, 1.54) is 18.5 Å². The highest BCUT2D eigenvalue weighted by Gasteiger charge is 2.30. The van der Waals surface area contributed by atoms with Crippen LogP contribution in [0.25, 0.3) is 0 Å². The van der Waals surface area contributed by atoms with Gasteiger partial charge < -0.3 is 29.7 Å². The van der Waals surface area contributed by atoms with Crippen molar-refractivity contribution in [1.82, 2.24) is 25.2 Å². The van der Waals surface area contributed by atoms with Crippen molar-refractivity contribution in [3.8, 4) is 5.75 Å². The average Bonchev–Trinajstić information content (AvgIpc) is 3.83. The molecular weight excluding hydrogens is 674 g/mol. The molecule has 0 bridgehead atoms. The molecule has 6 rings (SSSR count). The molecule has 3 aromatic carbocycles. The number of hydrogen-bond donors (Lipinski definition) is 3. The fourth-order valence-corrected chi connectivity index (χ4v) is 6.28. The third-order valence-corrected chi connectivity index (χ3v) is 9.09. The first kappa shape index (κ1) is 38.0. The van der Waals surface area contributed by atoms with Gasteiger partial charge in [0.1, 0.15) is 30.0 Å². The Kier molecular flexibility index (Phi) is 13.3. The second-order valence-corrected chi connectivity index (χ2v) is 12.7. The smallest absolute Gasteiger partial charge is 0.340 e. The van der Waals surface area contributed by atoms with Crippen molar-refractivity contribution in [3.63, 3.8) is 0 Å². The minimum atomic E-state index is -0.814. The fourth-order valence-electron chi connectivity index (χ4n) is 6.28. The SMILES string of the molecule is CCC(C(C)O)N(NC=O)C(=O)Nc1ccc(N2CCN(c3ccc(OC[C@@H]4COC(c5ccc(F)cc5F)C4)cc3)CC2)cc1.Cn1cncn1. The van der Waals surface area contributed by atoms with Gasteiger partial charge in [0.15, 0.2) is 0 Å². The lowest BCUT2D eigenvalue weighted by Crippen LogP contribution is -2.54. The van der Waals surface area contributed by atoms with Crippen LogP contribution in [0.1, 0.15) is 38.4 Å². The van der Waals surface area contributed by atoms with Crippen molar-refractivity contribution >= 4 is 29.5 Å². The Morgan fingerprint density at radius 2 is 1.71 bits per heavy atom. The van der Waals surface area contributed by atoms with Gasteiger partial charge in [0.25, 0.3) is 0 Å². The number of aryl methyl sites for hydroxylation is 1. The highest BCUT2D eigenvalue weighted by Crippen LogP contribution is 2.34. The van der Waals surface area contributed by atoms with Gasteiger partial charge in [0.05, 0.1) is 31.5 Å². The van der Waals surface area contributed by atoms with Crippen molar-refractivity contribution in [1.29, 1.82) is 0 Å². The van der Waals surface area contributed by atoms with Gasteiger partial charge in [-0.05, 0) is 74.4 Å². The maximum atomic E-state index is 14.1. The number of ether oxygens (including phenoxy) is 2. The van der Waals surface area contributed by atoms with E-state index in [2.05, 4.69) is 30.6 Å². The second kappa shape index (κ2) is 18.3. The molecule has 4 aromatic rings. The number of hydrogen-bond acceptors (Lipinski definition) is 9. The number of nitrogens with one attached hydrogen (secondary N) is 2. The molecule has 13 nitrogen and oxygen atoms in total. The van der Waals surface area contributed by atoms with Gasteiger partial charge >= 0.3 is 6.03 Å². The Morgan fingerprint density at radius 1 is 1.06 bits per heavy atom. The number of aliphatic hydroxyl groups excluding tert-OH is 1. The van der Waals surface area contributed by atoms with E-state index in [1.54, 1.807) is 17.9 Å². The first-order valence-corrected chi connectivity index (χ1v) is 17.3. The van der Waals surface area contributed by atoms with E-state index < -0.39 is 35.9 Å². The van der Waals surface area contributed by atoms with Crippen molar-refractivity contribution < 1.29 is 33.0 Å². The Morgan fingerprint density at radius 3 is 2.23 bits per heavy atom. The minimum absolute atomic E-state index is 0.116. The Balaban J connectivity index is 0.000000790. The monoisotopic (exact) mass is 720 g/mol. The third-order valence-electron chi connectivity index (χ3n) is 9.09. The van der Waals surface area contributed by atoms with Crippen LogP contribution >= 0.6 is 0 Å². The summed E-state index contributed by atoms with van der Waals surface area (Å²) in [5, 5.41) is 17.6. The predicted molar refractivity (Wildman–Crippen MR) is 193 cm³/mol. The molecule has 2 aliphatic heterocycles. The van der Waals surface area contributed by atoms with E-state index in [-0.39, 0.29) is 5.92 Å². The largest absolute Gasteiger partial charge is 0.493 e. The number of aliphatic hydroxyl groups is 1. The molecule has 3 unspecified atom stereocenters. The lowest BCUT2D eigenvalue weighted by Gasteiger charge is -2.37. The number of anilines is 3. The van der Waals surface area contributed by atoms with Crippen LogP contribution in [0.5, 0.6) is 5.75 Å².